The number of carbonyl (C=O) groups is 1. The van der Waals surface area contributed by atoms with Gasteiger partial charge in [0.2, 0.25) is 0 Å². The minimum atomic E-state index is -0.225. The lowest BCUT2D eigenvalue weighted by molar-refractivity contribution is -0.149. The van der Waals surface area contributed by atoms with Gasteiger partial charge in [-0.2, -0.15) is 0 Å². The molecule has 0 aliphatic rings. The van der Waals surface area contributed by atoms with Crippen molar-refractivity contribution in [3.63, 3.8) is 0 Å². The topological polar surface area (TPSA) is 35.5 Å². The zero-order valence-electron chi connectivity index (χ0n) is 12.3. The van der Waals surface area contributed by atoms with E-state index in [0.29, 0.717) is 18.9 Å². The summed E-state index contributed by atoms with van der Waals surface area (Å²) in [5.74, 6) is 1.16. The van der Waals surface area contributed by atoms with Crippen LogP contribution in [0.15, 0.2) is 24.3 Å². The molecule has 0 N–H and O–H groups in total. The number of hydrogen-bond acceptors (Lipinski definition) is 3. The molecule has 106 valence electrons. The first kappa shape index (κ1) is 15.5. The molecule has 0 aliphatic heterocycles. The number of carbonyl (C=O) groups excluding carboxylic acids is 1. The van der Waals surface area contributed by atoms with E-state index in [0.717, 1.165) is 12.2 Å². The van der Waals surface area contributed by atoms with E-state index in [9.17, 15) is 4.79 Å². The van der Waals surface area contributed by atoms with Gasteiger partial charge in [0.25, 0.3) is 0 Å². The maximum absolute atomic E-state index is 11.2. The molecule has 0 fully saturated rings. The first-order chi connectivity index (χ1) is 9.08. The summed E-state index contributed by atoms with van der Waals surface area (Å²) in [5.41, 5.74) is 1.21. The Bertz CT molecular complexity index is 401. The second-order valence-electron chi connectivity index (χ2n) is 4.81. The fraction of sp³-hybridized carbons (Fsp3) is 0.562. The molecule has 2 unspecified atom stereocenters. The summed E-state index contributed by atoms with van der Waals surface area (Å²) >= 11 is 0. The van der Waals surface area contributed by atoms with E-state index in [2.05, 4.69) is 19.9 Å². The van der Waals surface area contributed by atoms with Crippen LogP contribution in [0.2, 0.25) is 0 Å². The predicted molar refractivity (Wildman–Crippen MR) is 76.5 cm³/mol. The smallest absolute Gasteiger partial charge is 0.305 e. The average Bonchev–Trinajstić information content (AvgIpc) is 2.44. The van der Waals surface area contributed by atoms with Crippen molar-refractivity contribution >= 4 is 5.97 Å². The van der Waals surface area contributed by atoms with Gasteiger partial charge in [-0.1, -0.05) is 39.0 Å². The minimum Gasteiger partial charge on any atom is -0.489 e. The van der Waals surface area contributed by atoms with Gasteiger partial charge in [0.1, 0.15) is 18.5 Å². The average molecular weight is 264 g/mol. The molecule has 2 atom stereocenters. The summed E-state index contributed by atoms with van der Waals surface area (Å²) < 4.78 is 11.0. The predicted octanol–water partition coefficient (Wildman–Crippen LogP) is 3.92. The third-order valence-corrected chi connectivity index (χ3v) is 3.16. The van der Waals surface area contributed by atoms with E-state index in [4.69, 9.17) is 9.47 Å². The molecule has 1 rings (SSSR count). The molecule has 3 heteroatoms. The molecule has 0 radical (unpaired) electrons. The molecule has 0 saturated heterocycles. The highest BCUT2D eigenvalue weighted by Crippen LogP contribution is 2.28. The Morgan fingerprint density at radius 3 is 2.53 bits per heavy atom. The van der Waals surface area contributed by atoms with Crippen LogP contribution in [0.4, 0.5) is 0 Å². The molecule has 0 aliphatic carbocycles. The monoisotopic (exact) mass is 264 g/mol. The second-order valence-corrected chi connectivity index (χ2v) is 4.81. The summed E-state index contributed by atoms with van der Waals surface area (Å²) in [7, 11) is 0. The van der Waals surface area contributed by atoms with Gasteiger partial charge in [-0.05, 0) is 30.9 Å². The van der Waals surface area contributed by atoms with Crippen LogP contribution in [0.1, 0.15) is 52.0 Å². The van der Waals surface area contributed by atoms with Crippen molar-refractivity contribution in [3.8, 4) is 5.75 Å². The van der Waals surface area contributed by atoms with Crippen molar-refractivity contribution in [2.75, 3.05) is 6.61 Å². The van der Waals surface area contributed by atoms with E-state index in [1.54, 1.807) is 6.92 Å². The third kappa shape index (κ3) is 4.93. The number of esters is 1. The van der Waals surface area contributed by atoms with Gasteiger partial charge in [-0.3, -0.25) is 4.79 Å². The van der Waals surface area contributed by atoms with E-state index in [-0.39, 0.29) is 12.1 Å². The lowest BCUT2D eigenvalue weighted by Crippen LogP contribution is -2.21. The Balaban J connectivity index is 2.60. The summed E-state index contributed by atoms with van der Waals surface area (Å²) in [6.07, 6.45) is 1.24. The van der Waals surface area contributed by atoms with Crippen molar-refractivity contribution in [2.45, 2.75) is 52.6 Å². The van der Waals surface area contributed by atoms with Gasteiger partial charge in [-0.15, -0.1) is 0 Å². The molecular formula is C16H24O3. The summed E-state index contributed by atoms with van der Waals surface area (Å²) in [5, 5.41) is 0. The highest BCUT2D eigenvalue weighted by molar-refractivity contribution is 5.69. The molecule has 0 heterocycles. The van der Waals surface area contributed by atoms with E-state index in [1.165, 1.54) is 5.56 Å². The molecule has 0 saturated carbocycles. The molecule has 0 spiro atoms. The lowest BCUT2D eigenvalue weighted by atomic mass is 9.98. The quantitative estimate of drug-likeness (QED) is 0.700. The van der Waals surface area contributed by atoms with Gasteiger partial charge in [-0.25, -0.2) is 0 Å². The summed E-state index contributed by atoms with van der Waals surface area (Å²) in [4.78, 5) is 11.2. The van der Waals surface area contributed by atoms with Crippen LogP contribution in [0.25, 0.3) is 0 Å². The highest BCUT2D eigenvalue weighted by Gasteiger charge is 2.12. The minimum absolute atomic E-state index is 0.189. The van der Waals surface area contributed by atoms with Crippen molar-refractivity contribution < 1.29 is 14.3 Å². The molecule has 0 aromatic heterocycles. The van der Waals surface area contributed by atoms with Crippen molar-refractivity contribution in [3.05, 3.63) is 29.8 Å². The van der Waals surface area contributed by atoms with E-state index in [1.807, 2.05) is 25.1 Å². The Morgan fingerprint density at radius 2 is 1.89 bits per heavy atom. The van der Waals surface area contributed by atoms with Crippen LogP contribution in [-0.4, -0.2) is 18.7 Å². The summed E-state index contributed by atoms with van der Waals surface area (Å²) in [6.45, 7) is 8.36. The third-order valence-electron chi connectivity index (χ3n) is 3.16. The Morgan fingerprint density at radius 1 is 1.21 bits per heavy atom. The van der Waals surface area contributed by atoms with Gasteiger partial charge >= 0.3 is 5.97 Å². The normalized spacial score (nSPS) is 13.7. The van der Waals surface area contributed by atoms with Crippen LogP contribution in [-0.2, 0) is 9.53 Å². The second kappa shape index (κ2) is 7.82. The zero-order chi connectivity index (χ0) is 14.3. The molecule has 3 nitrogen and oxygen atoms in total. The largest absolute Gasteiger partial charge is 0.489 e. The van der Waals surface area contributed by atoms with Crippen LogP contribution in [0.3, 0.4) is 0 Å². The van der Waals surface area contributed by atoms with Gasteiger partial charge in [0.15, 0.2) is 0 Å². The first-order valence-corrected chi connectivity index (χ1v) is 6.99. The van der Waals surface area contributed by atoms with Gasteiger partial charge < -0.3 is 9.47 Å². The molecule has 1 aromatic carbocycles. The Labute approximate surface area is 115 Å². The zero-order valence-corrected chi connectivity index (χ0v) is 12.3. The number of ether oxygens (including phenoxy) is 2. The number of rotatable bonds is 7. The molecule has 19 heavy (non-hydrogen) atoms. The van der Waals surface area contributed by atoms with Crippen molar-refractivity contribution in [2.24, 2.45) is 0 Å². The van der Waals surface area contributed by atoms with E-state index >= 15 is 0 Å². The molecule has 0 amide bonds. The van der Waals surface area contributed by atoms with Gasteiger partial charge in [0.05, 0.1) is 0 Å². The molecule has 0 bridgehead atoms. The first-order valence-electron chi connectivity index (χ1n) is 6.99. The van der Waals surface area contributed by atoms with Crippen molar-refractivity contribution in [1.82, 2.24) is 0 Å². The van der Waals surface area contributed by atoms with Crippen LogP contribution < -0.4 is 4.74 Å². The fourth-order valence-corrected chi connectivity index (χ4v) is 1.79. The molecule has 1 aromatic rings. The number of benzene rings is 1. The van der Waals surface area contributed by atoms with E-state index < -0.39 is 0 Å². The summed E-state index contributed by atoms with van der Waals surface area (Å²) in [6, 6.07) is 8.04. The maximum Gasteiger partial charge on any atom is 0.305 e. The standard InChI is InChI=1S/C16H24O3/c1-5-12(3)14-9-7-8-10-15(14)18-11-13(4)19-16(17)6-2/h7-10,12-13H,5-6,11H2,1-4H3. The van der Waals surface area contributed by atoms with Gasteiger partial charge in [0, 0.05) is 6.42 Å². The number of hydrogen-bond donors (Lipinski definition) is 0. The van der Waals surface area contributed by atoms with Crippen LogP contribution in [0.5, 0.6) is 5.75 Å². The van der Waals surface area contributed by atoms with Crippen LogP contribution in [0, 0.1) is 0 Å². The highest BCUT2D eigenvalue weighted by atomic mass is 16.6. The van der Waals surface area contributed by atoms with Crippen molar-refractivity contribution in [1.29, 1.82) is 0 Å². The fourth-order valence-electron chi connectivity index (χ4n) is 1.79. The number of para-hydroxylation sites is 1. The molecular weight excluding hydrogens is 240 g/mol. The lowest BCUT2D eigenvalue weighted by Gasteiger charge is -2.18. The van der Waals surface area contributed by atoms with Crippen LogP contribution >= 0.6 is 0 Å². The Hall–Kier alpha value is -1.51. The Kier molecular flexibility index (Phi) is 6.40. The SMILES string of the molecule is CCC(=O)OC(C)COc1ccccc1C(C)CC. The maximum atomic E-state index is 11.2.